The maximum absolute atomic E-state index is 11.6. The predicted molar refractivity (Wildman–Crippen MR) is 53.3 cm³/mol. The minimum absolute atomic E-state index is 0.118. The largest absolute Gasteiger partial charge is 0.388 e. The van der Waals surface area contributed by atoms with Crippen LogP contribution in [0.2, 0.25) is 0 Å². The van der Waals surface area contributed by atoms with Crippen molar-refractivity contribution in [1.82, 2.24) is 4.90 Å². The highest BCUT2D eigenvalue weighted by atomic mass is 35.5. The minimum Gasteiger partial charge on any atom is -0.388 e. The van der Waals surface area contributed by atoms with E-state index in [2.05, 4.69) is 0 Å². The molecule has 0 aromatic rings. The molecule has 1 aliphatic heterocycles. The van der Waals surface area contributed by atoms with E-state index in [0.717, 1.165) is 0 Å². The molecule has 82 valence electrons. The Hall–Kier alpha value is -0.320. The van der Waals surface area contributed by atoms with Crippen molar-refractivity contribution in [2.24, 2.45) is 0 Å². The van der Waals surface area contributed by atoms with E-state index in [1.165, 1.54) is 7.11 Å². The molecule has 0 unspecified atom stereocenters. The molecule has 0 bridgehead atoms. The highest BCUT2D eigenvalue weighted by Crippen LogP contribution is 2.16. The molecule has 1 heterocycles. The maximum atomic E-state index is 11.6. The van der Waals surface area contributed by atoms with Crippen LogP contribution in [0.25, 0.3) is 0 Å². The fourth-order valence-corrected chi connectivity index (χ4v) is 1.68. The first-order valence-corrected chi connectivity index (χ1v) is 5.17. The highest BCUT2D eigenvalue weighted by Gasteiger charge is 2.35. The zero-order valence-electron chi connectivity index (χ0n) is 8.44. The lowest BCUT2D eigenvalue weighted by Crippen LogP contribution is -2.35. The number of aliphatic hydroxyl groups excluding tert-OH is 1. The van der Waals surface area contributed by atoms with E-state index < -0.39 is 11.5 Å². The van der Waals surface area contributed by atoms with E-state index in [1.54, 1.807) is 4.90 Å². The van der Waals surface area contributed by atoms with Gasteiger partial charge in [0.25, 0.3) is 0 Å². The SMILES string of the molecule is CC[C@H](Cl)C(=O)N1C[C@@H](O)[C@H](OC)C1. The van der Waals surface area contributed by atoms with E-state index in [0.29, 0.717) is 19.5 Å². The lowest BCUT2D eigenvalue weighted by atomic mass is 10.3. The van der Waals surface area contributed by atoms with Gasteiger partial charge in [0.2, 0.25) is 5.91 Å². The summed E-state index contributed by atoms with van der Waals surface area (Å²) in [6.07, 6.45) is -0.269. The first-order chi connectivity index (χ1) is 6.60. The second kappa shape index (κ2) is 4.96. The van der Waals surface area contributed by atoms with Crippen molar-refractivity contribution in [2.75, 3.05) is 20.2 Å². The molecule has 0 radical (unpaired) electrons. The number of aliphatic hydroxyl groups is 1. The van der Waals surface area contributed by atoms with Gasteiger partial charge in [-0.25, -0.2) is 0 Å². The van der Waals surface area contributed by atoms with Crippen LogP contribution in [0.4, 0.5) is 0 Å². The van der Waals surface area contributed by atoms with E-state index in [-0.39, 0.29) is 12.0 Å². The molecule has 4 nitrogen and oxygen atoms in total. The Morgan fingerprint density at radius 1 is 1.71 bits per heavy atom. The van der Waals surface area contributed by atoms with Crippen molar-refractivity contribution in [1.29, 1.82) is 0 Å². The topological polar surface area (TPSA) is 49.8 Å². The summed E-state index contributed by atoms with van der Waals surface area (Å²) in [5.74, 6) is -0.118. The lowest BCUT2D eigenvalue weighted by Gasteiger charge is -2.18. The van der Waals surface area contributed by atoms with Gasteiger partial charge < -0.3 is 14.7 Å². The Balaban J connectivity index is 2.52. The monoisotopic (exact) mass is 221 g/mol. The molecule has 1 saturated heterocycles. The molecule has 1 fully saturated rings. The smallest absolute Gasteiger partial charge is 0.240 e. The highest BCUT2D eigenvalue weighted by molar-refractivity contribution is 6.30. The third-order valence-electron chi connectivity index (χ3n) is 2.48. The number of likely N-dealkylation sites (tertiary alicyclic amines) is 1. The van der Waals surface area contributed by atoms with Crippen LogP contribution >= 0.6 is 11.6 Å². The number of halogens is 1. The summed E-state index contributed by atoms with van der Waals surface area (Å²) in [6, 6.07) is 0. The number of methoxy groups -OCH3 is 1. The third kappa shape index (κ3) is 2.38. The summed E-state index contributed by atoms with van der Waals surface area (Å²) in [4.78, 5) is 13.2. The molecule has 14 heavy (non-hydrogen) atoms. The molecule has 0 aromatic carbocycles. The number of hydrogen-bond acceptors (Lipinski definition) is 3. The Bertz CT molecular complexity index is 212. The molecular formula is C9H16ClNO3. The Kier molecular flexibility index (Phi) is 4.16. The van der Waals surface area contributed by atoms with Gasteiger partial charge >= 0.3 is 0 Å². The number of β-amino-alcohol motifs (C(OH)–C–C–N with tert-alkyl or cyclic N) is 1. The Labute approximate surface area is 88.8 Å². The average Bonchev–Trinajstić information content (AvgIpc) is 2.57. The molecule has 1 aliphatic rings. The Morgan fingerprint density at radius 2 is 2.36 bits per heavy atom. The summed E-state index contributed by atoms with van der Waals surface area (Å²) in [6.45, 7) is 2.61. The zero-order valence-corrected chi connectivity index (χ0v) is 9.20. The van der Waals surface area contributed by atoms with Crippen LogP contribution < -0.4 is 0 Å². The average molecular weight is 222 g/mol. The summed E-state index contributed by atoms with van der Waals surface area (Å²) in [5, 5.41) is 9.01. The van der Waals surface area contributed by atoms with Gasteiger partial charge in [-0.15, -0.1) is 11.6 Å². The number of hydrogen-bond donors (Lipinski definition) is 1. The Morgan fingerprint density at radius 3 is 2.79 bits per heavy atom. The molecule has 1 amide bonds. The van der Waals surface area contributed by atoms with Crippen molar-refractivity contribution < 1.29 is 14.6 Å². The van der Waals surface area contributed by atoms with E-state index >= 15 is 0 Å². The second-order valence-corrected chi connectivity index (χ2v) is 3.99. The molecule has 1 rings (SSSR count). The fourth-order valence-electron chi connectivity index (χ4n) is 1.54. The quantitative estimate of drug-likeness (QED) is 0.694. The number of nitrogens with zero attached hydrogens (tertiary/aromatic N) is 1. The van der Waals surface area contributed by atoms with Crippen molar-refractivity contribution in [3.05, 3.63) is 0 Å². The van der Waals surface area contributed by atoms with Gasteiger partial charge in [0.15, 0.2) is 0 Å². The van der Waals surface area contributed by atoms with Crippen LogP contribution in [0.3, 0.4) is 0 Å². The number of rotatable bonds is 3. The second-order valence-electron chi connectivity index (χ2n) is 3.46. The standard InChI is InChI=1S/C9H16ClNO3/c1-3-6(10)9(13)11-4-7(12)8(5-11)14-2/h6-8,12H,3-5H2,1-2H3/t6-,7+,8+/m0/s1. The molecule has 3 atom stereocenters. The molecule has 0 aromatic heterocycles. The summed E-state index contributed by atoms with van der Waals surface area (Å²) >= 11 is 5.82. The molecule has 1 N–H and O–H groups in total. The van der Waals surface area contributed by atoms with Crippen molar-refractivity contribution in [3.63, 3.8) is 0 Å². The first-order valence-electron chi connectivity index (χ1n) is 4.73. The number of carbonyl (C=O) groups excluding carboxylic acids is 1. The van der Waals surface area contributed by atoms with Gasteiger partial charge in [-0.1, -0.05) is 6.92 Å². The minimum atomic E-state index is -0.593. The van der Waals surface area contributed by atoms with Crippen LogP contribution in [-0.2, 0) is 9.53 Å². The predicted octanol–water partition coefficient (Wildman–Crippen LogP) is 0.222. The number of amides is 1. The van der Waals surface area contributed by atoms with Crippen molar-refractivity contribution in [2.45, 2.75) is 30.9 Å². The summed E-state index contributed by atoms with van der Waals surface area (Å²) in [7, 11) is 1.53. The summed E-state index contributed by atoms with van der Waals surface area (Å²) in [5.41, 5.74) is 0. The number of alkyl halides is 1. The van der Waals surface area contributed by atoms with Gasteiger partial charge in [-0.05, 0) is 6.42 Å². The van der Waals surface area contributed by atoms with E-state index in [4.69, 9.17) is 16.3 Å². The van der Waals surface area contributed by atoms with Crippen LogP contribution in [-0.4, -0.2) is 53.7 Å². The molecule has 5 heteroatoms. The van der Waals surface area contributed by atoms with Gasteiger partial charge in [0.1, 0.15) is 11.5 Å². The van der Waals surface area contributed by atoms with Crippen molar-refractivity contribution >= 4 is 17.5 Å². The zero-order chi connectivity index (χ0) is 10.7. The van der Waals surface area contributed by atoms with Crippen LogP contribution in [0.1, 0.15) is 13.3 Å². The van der Waals surface area contributed by atoms with Crippen LogP contribution in [0.15, 0.2) is 0 Å². The van der Waals surface area contributed by atoms with Crippen molar-refractivity contribution in [3.8, 4) is 0 Å². The lowest BCUT2D eigenvalue weighted by molar-refractivity contribution is -0.130. The van der Waals surface area contributed by atoms with Gasteiger partial charge in [0, 0.05) is 20.2 Å². The molecule has 0 aliphatic carbocycles. The molecule has 0 saturated carbocycles. The van der Waals surface area contributed by atoms with Crippen LogP contribution in [0, 0.1) is 0 Å². The number of carbonyl (C=O) groups is 1. The number of ether oxygens (including phenoxy) is 1. The molecular weight excluding hydrogens is 206 g/mol. The van der Waals surface area contributed by atoms with Crippen LogP contribution in [0.5, 0.6) is 0 Å². The van der Waals surface area contributed by atoms with E-state index in [1.807, 2.05) is 6.92 Å². The van der Waals surface area contributed by atoms with Gasteiger partial charge in [0.05, 0.1) is 6.10 Å². The van der Waals surface area contributed by atoms with Gasteiger partial charge in [-0.2, -0.15) is 0 Å². The normalized spacial score (nSPS) is 29.3. The fraction of sp³-hybridized carbons (Fsp3) is 0.889. The van der Waals surface area contributed by atoms with E-state index in [9.17, 15) is 9.90 Å². The summed E-state index contributed by atoms with van der Waals surface area (Å²) < 4.78 is 5.03. The molecule has 0 spiro atoms. The first kappa shape index (κ1) is 11.8. The maximum Gasteiger partial charge on any atom is 0.240 e. The van der Waals surface area contributed by atoms with Gasteiger partial charge in [-0.3, -0.25) is 4.79 Å². The third-order valence-corrected chi connectivity index (χ3v) is 2.97.